The Labute approximate surface area is 176 Å². The van der Waals surface area contributed by atoms with Gasteiger partial charge in [-0.3, -0.25) is 4.79 Å². The van der Waals surface area contributed by atoms with Crippen molar-refractivity contribution in [1.29, 1.82) is 0 Å². The molecule has 0 fully saturated rings. The molecule has 5 aromatic rings. The number of rotatable bonds is 5. The van der Waals surface area contributed by atoms with Crippen LogP contribution in [0.5, 0.6) is 5.75 Å². The van der Waals surface area contributed by atoms with Crippen LogP contribution in [0.3, 0.4) is 0 Å². The normalized spacial score (nSPS) is 11.3. The zero-order valence-electron chi connectivity index (χ0n) is 16.7. The molecule has 3 heterocycles. The van der Waals surface area contributed by atoms with Gasteiger partial charge in [-0.05, 0) is 54.4 Å². The summed E-state index contributed by atoms with van der Waals surface area (Å²) in [5, 5.41) is 4.66. The number of aromatic nitrogens is 5. The first-order chi connectivity index (χ1) is 15.1. The lowest BCUT2D eigenvalue weighted by Crippen LogP contribution is -2.22. The minimum atomic E-state index is -0.353. The predicted octanol–water partition coefficient (Wildman–Crippen LogP) is 3.50. The van der Waals surface area contributed by atoms with Crippen molar-refractivity contribution in [3.63, 3.8) is 0 Å². The van der Waals surface area contributed by atoms with E-state index in [-0.39, 0.29) is 11.4 Å². The first kappa shape index (κ1) is 18.9. The Hall–Kier alpha value is -4.07. The highest BCUT2D eigenvalue weighted by Crippen LogP contribution is 2.26. The lowest BCUT2D eigenvalue weighted by atomic mass is 10.1. The minimum absolute atomic E-state index is 0.185. The summed E-state index contributed by atoms with van der Waals surface area (Å²) in [5.41, 5.74) is 2.63. The summed E-state index contributed by atoms with van der Waals surface area (Å²) >= 11 is 0. The van der Waals surface area contributed by atoms with Gasteiger partial charge in [-0.25, -0.2) is 9.37 Å². The summed E-state index contributed by atoms with van der Waals surface area (Å²) in [7, 11) is 1.63. The largest absolute Gasteiger partial charge is 0.497 e. The van der Waals surface area contributed by atoms with E-state index in [1.807, 2.05) is 24.3 Å². The van der Waals surface area contributed by atoms with Crippen LogP contribution < -0.4 is 10.3 Å². The number of nitrogens with zero attached hydrogens (tertiary/aromatic N) is 5. The summed E-state index contributed by atoms with van der Waals surface area (Å²) in [6, 6.07) is 15.5. The fourth-order valence-electron chi connectivity index (χ4n) is 3.66. The minimum Gasteiger partial charge on any atom is -0.497 e. The Bertz CT molecular complexity index is 1440. The molecule has 154 valence electrons. The van der Waals surface area contributed by atoms with Gasteiger partial charge in [0.05, 0.1) is 23.7 Å². The van der Waals surface area contributed by atoms with Gasteiger partial charge in [-0.1, -0.05) is 12.1 Å². The SMILES string of the molecule is COc1ccc(CCn2ccc3nc4ncnn4c(-c4ccc(F)cc4)c3c2=O)cc1. The summed E-state index contributed by atoms with van der Waals surface area (Å²) in [5.74, 6) is 0.814. The van der Waals surface area contributed by atoms with Crippen molar-refractivity contribution in [1.82, 2.24) is 24.1 Å². The fraction of sp³-hybridized carbons (Fsp3) is 0.130. The van der Waals surface area contributed by atoms with E-state index in [2.05, 4.69) is 15.1 Å². The van der Waals surface area contributed by atoms with Gasteiger partial charge < -0.3 is 9.30 Å². The van der Waals surface area contributed by atoms with Crippen molar-refractivity contribution in [2.75, 3.05) is 7.11 Å². The number of ether oxygens (including phenoxy) is 1. The molecule has 0 N–H and O–H groups in total. The zero-order valence-corrected chi connectivity index (χ0v) is 16.7. The van der Waals surface area contributed by atoms with Crippen molar-refractivity contribution in [2.45, 2.75) is 13.0 Å². The maximum absolute atomic E-state index is 13.5. The lowest BCUT2D eigenvalue weighted by Gasteiger charge is -2.12. The molecule has 0 amide bonds. The maximum Gasteiger partial charge on any atom is 0.262 e. The van der Waals surface area contributed by atoms with Crippen LogP contribution in [0.15, 0.2) is 71.9 Å². The van der Waals surface area contributed by atoms with Crippen molar-refractivity contribution in [3.8, 4) is 17.0 Å². The van der Waals surface area contributed by atoms with Crippen molar-refractivity contribution >= 4 is 16.7 Å². The first-order valence-corrected chi connectivity index (χ1v) is 9.76. The highest BCUT2D eigenvalue weighted by molar-refractivity contribution is 5.93. The lowest BCUT2D eigenvalue weighted by molar-refractivity contribution is 0.414. The third-order valence-electron chi connectivity index (χ3n) is 5.26. The highest BCUT2D eigenvalue weighted by Gasteiger charge is 2.17. The highest BCUT2D eigenvalue weighted by atomic mass is 19.1. The zero-order chi connectivity index (χ0) is 21.4. The standard InChI is InChI=1S/C23H18FN5O2/c1-31-18-8-2-15(3-9-18)10-12-28-13-11-19-20(22(28)30)21(16-4-6-17(24)7-5-16)29-23(27-19)25-14-26-29/h2-9,11,13-14H,10,12H2,1H3. The second-order valence-corrected chi connectivity index (χ2v) is 7.11. The molecule has 0 atom stereocenters. The number of methoxy groups -OCH3 is 1. The van der Waals surface area contributed by atoms with Crippen LogP contribution in [-0.2, 0) is 13.0 Å². The van der Waals surface area contributed by atoms with E-state index in [1.54, 1.807) is 36.1 Å². The number of benzene rings is 2. The molecule has 3 aromatic heterocycles. The van der Waals surface area contributed by atoms with Crippen LogP contribution >= 0.6 is 0 Å². The molecule has 0 spiro atoms. The molecule has 0 saturated heterocycles. The molecule has 0 unspecified atom stereocenters. The van der Waals surface area contributed by atoms with Crippen molar-refractivity contribution in [2.24, 2.45) is 0 Å². The van der Waals surface area contributed by atoms with Gasteiger partial charge in [0.2, 0.25) is 0 Å². The predicted molar refractivity (Wildman–Crippen MR) is 115 cm³/mol. The molecule has 8 heteroatoms. The number of halogens is 1. The monoisotopic (exact) mass is 415 g/mol. The van der Waals surface area contributed by atoms with Crippen LogP contribution in [0, 0.1) is 5.82 Å². The van der Waals surface area contributed by atoms with Gasteiger partial charge in [0.25, 0.3) is 11.3 Å². The van der Waals surface area contributed by atoms with Gasteiger partial charge in [0.1, 0.15) is 17.9 Å². The second-order valence-electron chi connectivity index (χ2n) is 7.11. The van der Waals surface area contributed by atoms with E-state index in [9.17, 15) is 9.18 Å². The second kappa shape index (κ2) is 7.64. The number of aryl methyl sites for hydroxylation is 2. The molecule has 2 aromatic carbocycles. The molecule has 0 saturated carbocycles. The van der Waals surface area contributed by atoms with Gasteiger partial charge in [-0.2, -0.15) is 14.6 Å². The number of fused-ring (bicyclic) bond motifs is 2. The van der Waals surface area contributed by atoms with Crippen LogP contribution in [0.4, 0.5) is 4.39 Å². The third kappa shape index (κ3) is 3.42. The maximum atomic E-state index is 13.5. The van der Waals surface area contributed by atoms with E-state index >= 15 is 0 Å². The third-order valence-corrected chi connectivity index (χ3v) is 5.26. The Morgan fingerprint density at radius 2 is 1.81 bits per heavy atom. The van der Waals surface area contributed by atoms with E-state index in [0.29, 0.717) is 40.9 Å². The number of pyridine rings is 1. The average molecular weight is 415 g/mol. The molecular formula is C23H18FN5O2. The van der Waals surface area contributed by atoms with Crippen LogP contribution in [0.2, 0.25) is 0 Å². The Morgan fingerprint density at radius 3 is 2.55 bits per heavy atom. The number of hydrogen-bond acceptors (Lipinski definition) is 5. The molecule has 5 rings (SSSR count). The fourth-order valence-corrected chi connectivity index (χ4v) is 3.66. The summed E-state index contributed by atoms with van der Waals surface area (Å²) in [6.45, 7) is 0.499. The summed E-state index contributed by atoms with van der Waals surface area (Å²) in [4.78, 5) is 22.1. The smallest absolute Gasteiger partial charge is 0.262 e. The quantitative estimate of drug-likeness (QED) is 0.439. The topological polar surface area (TPSA) is 74.3 Å². The molecule has 31 heavy (non-hydrogen) atoms. The van der Waals surface area contributed by atoms with E-state index in [0.717, 1.165) is 11.3 Å². The summed E-state index contributed by atoms with van der Waals surface area (Å²) in [6.07, 6.45) is 3.80. The van der Waals surface area contributed by atoms with Gasteiger partial charge in [0.15, 0.2) is 0 Å². The van der Waals surface area contributed by atoms with Crippen LogP contribution in [-0.4, -0.2) is 31.3 Å². The Morgan fingerprint density at radius 1 is 1.03 bits per heavy atom. The van der Waals surface area contributed by atoms with Gasteiger partial charge in [0, 0.05) is 18.3 Å². The molecule has 0 bridgehead atoms. The van der Waals surface area contributed by atoms with E-state index in [1.165, 1.54) is 23.0 Å². The van der Waals surface area contributed by atoms with Gasteiger partial charge in [-0.15, -0.1) is 0 Å². The molecule has 0 radical (unpaired) electrons. The molecule has 7 nitrogen and oxygen atoms in total. The Kier molecular flexibility index (Phi) is 4.66. The Balaban J connectivity index is 1.62. The molecular weight excluding hydrogens is 397 g/mol. The summed E-state index contributed by atoms with van der Waals surface area (Å²) < 4.78 is 21.9. The van der Waals surface area contributed by atoms with E-state index in [4.69, 9.17) is 4.74 Å². The van der Waals surface area contributed by atoms with Gasteiger partial charge >= 0.3 is 0 Å². The molecule has 0 aliphatic heterocycles. The van der Waals surface area contributed by atoms with Crippen LogP contribution in [0.25, 0.3) is 27.9 Å². The first-order valence-electron chi connectivity index (χ1n) is 9.76. The average Bonchev–Trinajstić information content (AvgIpc) is 3.27. The van der Waals surface area contributed by atoms with Crippen LogP contribution in [0.1, 0.15) is 5.56 Å². The molecule has 0 aliphatic carbocycles. The number of hydrogen-bond donors (Lipinski definition) is 0. The van der Waals surface area contributed by atoms with Crippen molar-refractivity contribution < 1.29 is 9.13 Å². The van der Waals surface area contributed by atoms with Crippen molar-refractivity contribution in [3.05, 3.63) is 88.9 Å². The molecule has 0 aliphatic rings. The van der Waals surface area contributed by atoms with E-state index < -0.39 is 0 Å².